The monoisotopic (exact) mass is 669 g/mol. The molecule has 1 fully saturated rings. The Morgan fingerprint density at radius 1 is 0.771 bits per heavy atom. The number of ether oxygens (including phenoxy) is 6. The van der Waals surface area contributed by atoms with E-state index in [1.54, 1.807) is 43.3 Å². The number of carbonyl (C=O) groups excluding carboxylic acids is 1. The Kier molecular flexibility index (Phi) is 11.4. The van der Waals surface area contributed by atoms with Crippen LogP contribution in [0.2, 0.25) is 0 Å². The van der Waals surface area contributed by atoms with Crippen LogP contribution in [0.25, 0.3) is 0 Å². The smallest absolute Gasteiger partial charge is 0.480 e. The SMILES string of the molecule is C[C@H]([C@H](CCc1ccccc1)c1ccc(Oc2ccccc2)cc1)N(CC(=O)O)C(=O)[C@@H]1OC(OC(=O)O)(OC(=O)O)O[C@H]1OC(=O)O. The molecule has 4 N–H and O–H groups in total. The average molecular weight is 670 g/mol. The molecule has 1 saturated heterocycles. The van der Waals surface area contributed by atoms with Crippen LogP contribution >= 0.6 is 0 Å². The predicted octanol–water partition coefficient (Wildman–Crippen LogP) is 4.93. The third-order valence-corrected chi connectivity index (χ3v) is 7.20. The van der Waals surface area contributed by atoms with Gasteiger partial charge in [-0.1, -0.05) is 60.7 Å². The maximum absolute atomic E-state index is 14.0. The van der Waals surface area contributed by atoms with Crippen molar-refractivity contribution in [2.24, 2.45) is 0 Å². The highest BCUT2D eigenvalue weighted by Gasteiger charge is 2.61. The van der Waals surface area contributed by atoms with E-state index >= 15 is 0 Å². The third kappa shape index (κ3) is 9.34. The fraction of sp³-hybridized carbons (Fsp3) is 0.281. The molecule has 254 valence electrons. The van der Waals surface area contributed by atoms with Gasteiger partial charge in [0.15, 0.2) is 0 Å². The van der Waals surface area contributed by atoms with Crippen LogP contribution in [-0.2, 0) is 39.7 Å². The van der Waals surface area contributed by atoms with Crippen molar-refractivity contribution >= 4 is 30.3 Å². The molecule has 0 saturated carbocycles. The number of benzene rings is 3. The summed E-state index contributed by atoms with van der Waals surface area (Å²) in [7, 11) is 0. The zero-order valence-corrected chi connectivity index (χ0v) is 25.2. The van der Waals surface area contributed by atoms with Crippen molar-refractivity contribution in [2.75, 3.05) is 6.54 Å². The first-order chi connectivity index (χ1) is 22.9. The second-order valence-electron chi connectivity index (χ2n) is 10.4. The summed E-state index contributed by atoms with van der Waals surface area (Å²) in [4.78, 5) is 60.9. The van der Waals surface area contributed by atoms with Gasteiger partial charge in [-0.05, 0) is 55.2 Å². The summed E-state index contributed by atoms with van der Waals surface area (Å²) >= 11 is 0. The van der Waals surface area contributed by atoms with Crippen LogP contribution in [0.1, 0.15) is 30.4 Å². The minimum absolute atomic E-state index is 0.388. The molecule has 3 aromatic carbocycles. The van der Waals surface area contributed by atoms with Gasteiger partial charge in [-0.2, -0.15) is 0 Å². The number of hydrogen-bond acceptors (Lipinski definition) is 11. The van der Waals surface area contributed by atoms with E-state index in [0.29, 0.717) is 29.9 Å². The van der Waals surface area contributed by atoms with Gasteiger partial charge in [0, 0.05) is 12.0 Å². The van der Waals surface area contributed by atoms with Crippen molar-refractivity contribution in [3.8, 4) is 11.5 Å². The van der Waals surface area contributed by atoms with Crippen LogP contribution in [0, 0.1) is 0 Å². The number of aliphatic carboxylic acids is 1. The molecule has 0 bridgehead atoms. The lowest BCUT2D eigenvalue weighted by molar-refractivity contribution is -0.438. The molecule has 4 rings (SSSR count). The van der Waals surface area contributed by atoms with Crippen LogP contribution in [-0.4, -0.2) is 86.8 Å². The van der Waals surface area contributed by atoms with Crippen LogP contribution in [0.4, 0.5) is 14.4 Å². The third-order valence-electron chi connectivity index (χ3n) is 7.20. The van der Waals surface area contributed by atoms with Crippen LogP contribution in [0.5, 0.6) is 11.5 Å². The van der Waals surface area contributed by atoms with Crippen molar-refractivity contribution in [3.05, 3.63) is 96.1 Å². The first kappa shape index (κ1) is 35.0. The van der Waals surface area contributed by atoms with E-state index in [1.165, 1.54) is 0 Å². The summed E-state index contributed by atoms with van der Waals surface area (Å²) in [5.41, 5.74) is 1.64. The Bertz CT molecular complexity index is 1570. The van der Waals surface area contributed by atoms with Crippen molar-refractivity contribution in [2.45, 2.75) is 50.3 Å². The lowest BCUT2D eigenvalue weighted by Gasteiger charge is -2.36. The van der Waals surface area contributed by atoms with E-state index in [0.717, 1.165) is 10.5 Å². The van der Waals surface area contributed by atoms with Crippen molar-refractivity contribution < 1.29 is 72.8 Å². The minimum atomic E-state index is -3.47. The van der Waals surface area contributed by atoms with E-state index in [-0.39, 0.29) is 0 Å². The first-order valence-electron chi connectivity index (χ1n) is 14.3. The van der Waals surface area contributed by atoms with Gasteiger partial charge in [0.1, 0.15) is 18.0 Å². The van der Waals surface area contributed by atoms with E-state index in [9.17, 15) is 34.2 Å². The molecule has 0 unspecified atom stereocenters. The molecule has 0 radical (unpaired) electrons. The molecule has 16 nitrogen and oxygen atoms in total. The quantitative estimate of drug-likeness (QED) is 0.132. The normalized spacial score (nSPS) is 17.7. The highest BCUT2D eigenvalue weighted by Crippen LogP contribution is 2.36. The molecule has 3 aromatic rings. The summed E-state index contributed by atoms with van der Waals surface area (Å²) in [6.07, 6.45) is -13.6. The number of para-hydroxylation sites is 1. The molecule has 0 spiro atoms. The molecular weight excluding hydrogens is 638 g/mol. The van der Waals surface area contributed by atoms with Gasteiger partial charge < -0.3 is 44.3 Å². The first-order valence-corrected chi connectivity index (χ1v) is 14.3. The second-order valence-corrected chi connectivity index (χ2v) is 10.4. The number of carboxylic acid groups (broad SMARTS) is 4. The Labute approximate surface area is 272 Å². The molecule has 1 heterocycles. The molecule has 1 aliphatic rings. The Morgan fingerprint density at radius 2 is 1.33 bits per heavy atom. The van der Waals surface area contributed by atoms with Crippen LogP contribution in [0.15, 0.2) is 84.9 Å². The number of rotatable bonds is 14. The van der Waals surface area contributed by atoms with Gasteiger partial charge >= 0.3 is 30.6 Å². The number of hydrogen-bond donors (Lipinski definition) is 4. The average Bonchev–Trinajstić information content (AvgIpc) is 3.36. The Hall–Kier alpha value is -5.87. The number of carboxylic acids is 1. The van der Waals surface area contributed by atoms with Gasteiger partial charge in [-0.3, -0.25) is 14.3 Å². The summed E-state index contributed by atoms with van der Waals surface area (Å²) in [6.45, 7) is 0.617. The van der Waals surface area contributed by atoms with E-state index < -0.39 is 67.4 Å². The van der Waals surface area contributed by atoms with E-state index in [1.807, 2.05) is 48.5 Å². The zero-order chi connectivity index (χ0) is 34.8. The lowest BCUT2D eigenvalue weighted by Crippen LogP contribution is -2.52. The molecule has 0 aliphatic carbocycles. The van der Waals surface area contributed by atoms with Gasteiger partial charge in [0.25, 0.3) is 12.2 Å². The largest absolute Gasteiger partial charge is 0.523 e. The number of aryl methyl sites for hydroxylation is 1. The molecular formula is C32H31NO15. The summed E-state index contributed by atoms with van der Waals surface area (Å²) in [5, 5.41) is 37.3. The van der Waals surface area contributed by atoms with Gasteiger partial charge in [0.2, 0.25) is 6.10 Å². The predicted molar refractivity (Wildman–Crippen MR) is 159 cm³/mol. The van der Waals surface area contributed by atoms with Gasteiger partial charge in [-0.25, -0.2) is 19.1 Å². The number of nitrogens with zero attached hydrogens (tertiary/aromatic N) is 1. The van der Waals surface area contributed by atoms with Crippen molar-refractivity contribution in [1.29, 1.82) is 0 Å². The minimum Gasteiger partial charge on any atom is -0.480 e. The molecule has 16 heteroatoms. The second kappa shape index (κ2) is 15.6. The molecule has 1 amide bonds. The lowest BCUT2D eigenvalue weighted by atomic mass is 9.85. The molecule has 48 heavy (non-hydrogen) atoms. The zero-order valence-electron chi connectivity index (χ0n) is 25.2. The van der Waals surface area contributed by atoms with Crippen LogP contribution < -0.4 is 4.74 Å². The standard InChI is InChI=1S/C32H31NO15/c1-19(24(17-12-20-8-4-2-5-9-20)21-13-15-23(16-14-21)43-22-10-6-3-7-11-22)33(18-25(34)35)27(36)26-28(44-29(37)38)46-32(45-26,47-30(39)40)48-31(41)42/h2-11,13-16,19,24,26,28H,12,17-18H2,1H3,(H,34,35)(H,37,38)(H,39,40)(H,41,42)/t19-,24+,26+,28-/m1/s1. The highest BCUT2D eigenvalue weighted by molar-refractivity contribution is 5.86. The topological polar surface area (TPSA) is 225 Å². The molecule has 1 aliphatic heterocycles. The van der Waals surface area contributed by atoms with Crippen molar-refractivity contribution in [3.63, 3.8) is 0 Å². The maximum atomic E-state index is 14.0. The van der Waals surface area contributed by atoms with Gasteiger partial charge in [0.05, 0.1) is 0 Å². The summed E-state index contributed by atoms with van der Waals surface area (Å²) < 4.78 is 29.0. The van der Waals surface area contributed by atoms with Crippen LogP contribution in [0.3, 0.4) is 0 Å². The molecule has 4 atom stereocenters. The Morgan fingerprint density at radius 3 is 1.88 bits per heavy atom. The summed E-state index contributed by atoms with van der Waals surface area (Å²) in [6, 6.07) is 24.4. The van der Waals surface area contributed by atoms with E-state index in [4.69, 9.17) is 24.4 Å². The van der Waals surface area contributed by atoms with Gasteiger partial charge in [-0.15, -0.1) is 0 Å². The van der Waals surface area contributed by atoms with E-state index in [2.05, 4.69) is 14.2 Å². The highest BCUT2D eigenvalue weighted by atomic mass is 17.1. The summed E-state index contributed by atoms with van der Waals surface area (Å²) in [5.74, 6) is -2.17. The maximum Gasteiger partial charge on any atom is 0.523 e. The molecule has 0 aromatic heterocycles. The fourth-order valence-corrected chi connectivity index (χ4v) is 5.14. The number of carbonyl (C=O) groups is 5. The fourth-order valence-electron chi connectivity index (χ4n) is 5.14. The van der Waals surface area contributed by atoms with Crippen molar-refractivity contribution in [1.82, 2.24) is 4.90 Å². The number of amides is 1. The Balaban J connectivity index is 1.68.